The molecule has 1 atom stereocenters. The fourth-order valence-corrected chi connectivity index (χ4v) is 3.82. The van der Waals surface area contributed by atoms with Gasteiger partial charge in [-0.05, 0) is 39.7 Å². The van der Waals surface area contributed by atoms with Crippen molar-refractivity contribution in [2.24, 2.45) is 0 Å². The standard InChI is InChI=1S/C16H20N2O2S/c1-10-6-8-20-14(10)16(19)18-7-4-5-13(9-18)15-17-11(2)12(3)21-15/h6,8,13H,4-5,7,9H2,1-3H3/t13-/m0/s1. The minimum Gasteiger partial charge on any atom is -0.459 e. The van der Waals surface area contributed by atoms with E-state index in [0.29, 0.717) is 11.7 Å². The third kappa shape index (κ3) is 2.75. The minimum absolute atomic E-state index is 0.00667. The van der Waals surface area contributed by atoms with Gasteiger partial charge in [0.1, 0.15) is 0 Å². The second kappa shape index (κ2) is 5.64. The molecule has 3 heterocycles. The van der Waals surface area contributed by atoms with Crippen molar-refractivity contribution in [2.45, 2.75) is 39.5 Å². The molecule has 0 spiro atoms. The summed E-state index contributed by atoms with van der Waals surface area (Å²) in [6, 6.07) is 1.84. The molecule has 0 bridgehead atoms. The molecule has 21 heavy (non-hydrogen) atoms. The Labute approximate surface area is 128 Å². The van der Waals surface area contributed by atoms with Crippen LogP contribution in [0.2, 0.25) is 0 Å². The van der Waals surface area contributed by atoms with Crippen molar-refractivity contribution in [2.75, 3.05) is 13.1 Å². The number of nitrogens with zero attached hydrogens (tertiary/aromatic N) is 2. The van der Waals surface area contributed by atoms with E-state index in [1.807, 2.05) is 24.8 Å². The number of aromatic nitrogens is 1. The number of carbonyl (C=O) groups excluding carboxylic acids is 1. The third-order valence-corrected chi connectivity index (χ3v) is 5.39. The van der Waals surface area contributed by atoms with Gasteiger partial charge in [-0.15, -0.1) is 11.3 Å². The Bertz CT molecular complexity index is 640. The smallest absolute Gasteiger partial charge is 0.289 e. The van der Waals surface area contributed by atoms with Crippen LogP contribution in [0, 0.1) is 20.8 Å². The molecule has 2 aromatic heterocycles. The predicted molar refractivity (Wildman–Crippen MR) is 82.9 cm³/mol. The summed E-state index contributed by atoms with van der Waals surface area (Å²) < 4.78 is 5.34. The van der Waals surface area contributed by atoms with Gasteiger partial charge >= 0.3 is 0 Å². The van der Waals surface area contributed by atoms with Crippen LogP contribution in [-0.4, -0.2) is 28.9 Å². The summed E-state index contributed by atoms with van der Waals surface area (Å²) in [6.07, 6.45) is 3.71. The van der Waals surface area contributed by atoms with Crippen molar-refractivity contribution in [1.82, 2.24) is 9.88 Å². The second-order valence-electron chi connectivity index (χ2n) is 5.72. The largest absolute Gasteiger partial charge is 0.459 e. The van der Waals surface area contributed by atoms with Crippen molar-refractivity contribution < 1.29 is 9.21 Å². The summed E-state index contributed by atoms with van der Waals surface area (Å²) in [5, 5.41) is 1.17. The predicted octanol–water partition coefficient (Wildman–Crippen LogP) is 3.68. The molecule has 2 aromatic rings. The lowest BCUT2D eigenvalue weighted by atomic mass is 9.98. The zero-order valence-corrected chi connectivity index (χ0v) is 13.5. The third-order valence-electron chi connectivity index (χ3n) is 4.16. The van der Waals surface area contributed by atoms with Gasteiger partial charge in [0, 0.05) is 29.4 Å². The fourth-order valence-electron chi connectivity index (χ4n) is 2.77. The monoisotopic (exact) mass is 304 g/mol. The molecule has 1 amide bonds. The lowest BCUT2D eigenvalue weighted by Crippen LogP contribution is -2.39. The van der Waals surface area contributed by atoms with E-state index in [0.717, 1.165) is 37.2 Å². The van der Waals surface area contributed by atoms with Crippen molar-refractivity contribution in [1.29, 1.82) is 0 Å². The lowest BCUT2D eigenvalue weighted by molar-refractivity contribution is 0.0674. The summed E-state index contributed by atoms with van der Waals surface area (Å²) in [6.45, 7) is 7.61. The number of hydrogen-bond acceptors (Lipinski definition) is 4. The molecular weight excluding hydrogens is 284 g/mol. The summed E-state index contributed by atoms with van der Waals surface area (Å²) >= 11 is 1.76. The minimum atomic E-state index is 0.00667. The molecule has 0 saturated carbocycles. The number of piperidine rings is 1. The Morgan fingerprint density at radius 1 is 1.43 bits per heavy atom. The molecule has 1 aliphatic heterocycles. The maximum atomic E-state index is 12.5. The van der Waals surface area contributed by atoms with E-state index in [-0.39, 0.29) is 5.91 Å². The fraction of sp³-hybridized carbons (Fsp3) is 0.500. The van der Waals surface area contributed by atoms with Crippen LogP contribution in [0.15, 0.2) is 16.7 Å². The van der Waals surface area contributed by atoms with Gasteiger partial charge in [-0.2, -0.15) is 0 Å². The van der Waals surface area contributed by atoms with Gasteiger partial charge in [0.15, 0.2) is 5.76 Å². The maximum absolute atomic E-state index is 12.5. The van der Waals surface area contributed by atoms with Crippen molar-refractivity contribution in [3.05, 3.63) is 39.2 Å². The quantitative estimate of drug-likeness (QED) is 0.850. The van der Waals surface area contributed by atoms with Gasteiger partial charge in [0.05, 0.1) is 17.0 Å². The molecule has 0 aliphatic carbocycles. The molecule has 1 aliphatic rings. The molecule has 1 fully saturated rings. The summed E-state index contributed by atoms with van der Waals surface area (Å²) in [5.74, 6) is 0.838. The van der Waals surface area contributed by atoms with Crippen LogP contribution in [0.3, 0.4) is 0 Å². The lowest BCUT2D eigenvalue weighted by Gasteiger charge is -2.31. The number of amides is 1. The molecular formula is C16H20N2O2S. The van der Waals surface area contributed by atoms with Crippen LogP contribution in [0.5, 0.6) is 0 Å². The van der Waals surface area contributed by atoms with Gasteiger partial charge in [-0.1, -0.05) is 0 Å². The maximum Gasteiger partial charge on any atom is 0.289 e. The molecule has 0 unspecified atom stereocenters. The molecule has 112 valence electrons. The average molecular weight is 304 g/mol. The Kier molecular flexibility index (Phi) is 3.85. The molecule has 1 saturated heterocycles. The highest BCUT2D eigenvalue weighted by atomic mass is 32.1. The van der Waals surface area contributed by atoms with Crippen molar-refractivity contribution in [3.63, 3.8) is 0 Å². The summed E-state index contributed by atoms with van der Waals surface area (Å²) in [5.41, 5.74) is 2.02. The van der Waals surface area contributed by atoms with Gasteiger partial charge < -0.3 is 9.32 Å². The van der Waals surface area contributed by atoms with E-state index in [1.165, 1.54) is 9.88 Å². The van der Waals surface area contributed by atoms with Crippen LogP contribution in [0.4, 0.5) is 0 Å². The highest BCUT2D eigenvalue weighted by Gasteiger charge is 2.29. The normalized spacial score (nSPS) is 19.0. The van der Waals surface area contributed by atoms with E-state index < -0.39 is 0 Å². The van der Waals surface area contributed by atoms with Crippen LogP contribution >= 0.6 is 11.3 Å². The van der Waals surface area contributed by atoms with Crippen molar-refractivity contribution in [3.8, 4) is 0 Å². The zero-order valence-electron chi connectivity index (χ0n) is 12.7. The van der Waals surface area contributed by atoms with E-state index in [2.05, 4.69) is 11.9 Å². The van der Waals surface area contributed by atoms with E-state index in [9.17, 15) is 4.79 Å². The topological polar surface area (TPSA) is 46.3 Å². The number of rotatable bonds is 2. The molecule has 0 radical (unpaired) electrons. The first-order valence-electron chi connectivity index (χ1n) is 7.33. The highest BCUT2D eigenvalue weighted by Crippen LogP contribution is 2.32. The highest BCUT2D eigenvalue weighted by molar-refractivity contribution is 7.11. The number of thiazole rings is 1. The van der Waals surface area contributed by atoms with Gasteiger partial charge in [-0.3, -0.25) is 4.79 Å². The average Bonchev–Trinajstić information content (AvgIpc) is 3.05. The Morgan fingerprint density at radius 2 is 2.24 bits per heavy atom. The first kappa shape index (κ1) is 14.3. The number of hydrogen-bond donors (Lipinski definition) is 0. The van der Waals surface area contributed by atoms with E-state index >= 15 is 0 Å². The van der Waals surface area contributed by atoms with Gasteiger partial charge in [0.2, 0.25) is 0 Å². The number of likely N-dealkylation sites (tertiary alicyclic amines) is 1. The van der Waals surface area contributed by atoms with Crippen LogP contribution < -0.4 is 0 Å². The number of carbonyl (C=O) groups is 1. The van der Waals surface area contributed by atoms with Crippen LogP contribution in [0.25, 0.3) is 0 Å². The van der Waals surface area contributed by atoms with Crippen LogP contribution in [0.1, 0.15) is 50.5 Å². The molecule has 0 aromatic carbocycles. The first-order chi connectivity index (χ1) is 10.1. The SMILES string of the molecule is Cc1ccoc1C(=O)N1CCC[C@H](c2nc(C)c(C)s2)C1. The molecule has 0 N–H and O–H groups in total. The summed E-state index contributed by atoms with van der Waals surface area (Å²) in [7, 11) is 0. The number of aryl methyl sites for hydroxylation is 3. The zero-order chi connectivity index (χ0) is 15.0. The van der Waals surface area contributed by atoms with Crippen LogP contribution in [-0.2, 0) is 0 Å². The summed E-state index contributed by atoms with van der Waals surface area (Å²) in [4.78, 5) is 20.4. The van der Waals surface area contributed by atoms with E-state index in [1.54, 1.807) is 17.6 Å². The van der Waals surface area contributed by atoms with Crippen molar-refractivity contribution >= 4 is 17.2 Å². The molecule has 4 nitrogen and oxygen atoms in total. The second-order valence-corrected chi connectivity index (χ2v) is 6.95. The first-order valence-corrected chi connectivity index (χ1v) is 8.15. The van der Waals surface area contributed by atoms with Gasteiger partial charge in [-0.25, -0.2) is 4.98 Å². The van der Waals surface area contributed by atoms with Gasteiger partial charge in [0.25, 0.3) is 5.91 Å². The van der Waals surface area contributed by atoms with E-state index in [4.69, 9.17) is 4.42 Å². The Balaban J connectivity index is 1.77. The number of furan rings is 1. The Hall–Kier alpha value is -1.62. The molecule has 3 rings (SSSR count). The molecule has 5 heteroatoms. The Morgan fingerprint density at radius 3 is 2.86 bits per heavy atom.